The molecule has 2 aromatic rings. The van der Waals surface area contributed by atoms with Crippen LogP contribution in [0, 0.1) is 0 Å². The van der Waals surface area contributed by atoms with E-state index in [4.69, 9.17) is 10.5 Å². The summed E-state index contributed by atoms with van der Waals surface area (Å²) in [6.07, 6.45) is 0.0479. The van der Waals surface area contributed by atoms with Crippen molar-refractivity contribution in [1.29, 1.82) is 0 Å². The number of nitrogens with one attached hydrogen (secondary N) is 1. The van der Waals surface area contributed by atoms with Gasteiger partial charge in [-0.2, -0.15) is 0 Å². The Hall–Kier alpha value is -1.89. The van der Waals surface area contributed by atoms with Gasteiger partial charge in [0.05, 0.1) is 11.8 Å². The maximum atomic E-state index is 11.7. The van der Waals surface area contributed by atoms with Gasteiger partial charge < -0.3 is 10.5 Å². The molecule has 0 saturated carbocycles. The van der Waals surface area contributed by atoms with Crippen LogP contribution in [-0.4, -0.2) is 20.9 Å². The van der Waals surface area contributed by atoms with E-state index in [0.29, 0.717) is 16.6 Å². The normalized spacial score (nSPS) is 11.3. The fourth-order valence-electron chi connectivity index (χ4n) is 1.89. The molecule has 1 aromatic carbocycles. The number of para-hydroxylation sites is 1. The number of nitrogen functional groups attached to an aromatic ring is 1. The number of rotatable bonds is 5. The summed E-state index contributed by atoms with van der Waals surface area (Å²) in [6.45, 7) is 7.76. The molecular formula is C14H20N4O2S. The summed E-state index contributed by atoms with van der Waals surface area (Å²) in [7, 11) is 0. The Balaban J connectivity index is 2.34. The average molecular weight is 308 g/mol. The largest absolute Gasteiger partial charge is 0.489 e. The van der Waals surface area contributed by atoms with Crippen LogP contribution >= 0.6 is 11.8 Å². The lowest BCUT2D eigenvalue weighted by atomic mass is 10.3. The number of hydrogen-bond acceptors (Lipinski definition) is 5. The van der Waals surface area contributed by atoms with E-state index < -0.39 is 0 Å². The van der Waals surface area contributed by atoms with E-state index in [-0.39, 0.29) is 17.8 Å². The van der Waals surface area contributed by atoms with E-state index in [2.05, 4.69) is 10.2 Å². The molecule has 1 heterocycles. The Kier molecular flexibility index (Phi) is 4.62. The predicted molar refractivity (Wildman–Crippen MR) is 84.0 cm³/mol. The van der Waals surface area contributed by atoms with Crippen molar-refractivity contribution in [2.24, 2.45) is 0 Å². The van der Waals surface area contributed by atoms with Gasteiger partial charge in [0.25, 0.3) is 0 Å². The highest BCUT2D eigenvalue weighted by Crippen LogP contribution is 2.36. The van der Waals surface area contributed by atoms with Crippen molar-refractivity contribution in [2.75, 3.05) is 5.73 Å². The first kappa shape index (κ1) is 15.5. The summed E-state index contributed by atoms with van der Waals surface area (Å²) in [4.78, 5) is 12.6. The molecular weight excluding hydrogens is 288 g/mol. The number of aromatic nitrogens is 3. The lowest BCUT2D eigenvalue weighted by molar-refractivity contribution is 0.243. The van der Waals surface area contributed by atoms with Gasteiger partial charge in [0, 0.05) is 10.9 Å². The van der Waals surface area contributed by atoms with Crippen LogP contribution in [-0.2, 0) is 0 Å². The zero-order valence-corrected chi connectivity index (χ0v) is 13.4. The van der Waals surface area contributed by atoms with E-state index in [0.717, 1.165) is 4.90 Å². The summed E-state index contributed by atoms with van der Waals surface area (Å²) < 4.78 is 7.27. The maximum Gasteiger partial charge on any atom is 0.344 e. The van der Waals surface area contributed by atoms with Gasteiger partial charge in [0.1, 0.15) is 5.75 Å². The quantitative estimate of drug-likeness (QED) is 0.829. The zero-order valence-electron chi connectivity index (χ0n) is 12.6. The summed E-state index contributed by atoms with van der Waals surface area (Å²) in [5.74, 6) is 0.643. The van der Waals surface area contributed by atoms with Crippen LogP contribution in [0.5, 0.6) is 5.75 Å². The van der Waals surface area contributed by atoms with Gasteiger partial charge in [-0.3, -0.25) is 4.57 Å². The topological polar surface area (TPSA) is 85.9 Å². The second-order valence-corrected chi connectivity index (χ2v) is 6.22. The molecule has 7 heteroatoms. The van der Waals surface area contributed by atoms with Crippen molar-refractivity contribution < 1.29 is 4.74 Å². The van der Waals surface area contributed by atoms with Crippen LogP contribution in [0.1, 0.15) is 33.7 Å². The molecule has 3 N–H and O–H groups in total. The van der Waals surface area contributed by atoms with Crippen LogP contribution in [0.4, 0.5) is 5.69 Å². The van der Waals surface area contributed by atoms with Crippen molar-refractivity contribution in [3.63, 3.8) is 0 Å². The first-order chi connectivity index (χ1) is 9.90. The van der Waals surface area contributed by atoms with Crippen LogP contribution in [0.2, 0.25) is 0 Å². The van der Waals surface area contributed by atoms with Gasteiger partial charge in [-0.15, -0.1) is 5.10 Å². The highest BCUT2D eigenvalue weighted by atomic mass is 32.2. The Morgan fingerprint density at radius 2 is 2.05 bits per heavy atom. The van der Waals surface area contributed by atoms with Crippen LogP contribution in [0.25, 0.3) is 0 Å². The van der Waals surface area contributed by atoms with Gasteiger partial charge in [0.15, 0.2) is 5.16 Å². The molecule has 0 amide bonds. The number of aromatic amines is 1. The molecule has 0 atom stereocenters. The van der Waals surface area contributed by atoms with Crippen LogP contribution < -0.4 is 16.2 Å². The number of H-pyrrole nitrogens is 1. The predicted octanol–water partition coefficient (Wildman–Crippen LogP) is 2.67. The first-order valence-electron chi connectivity index (χ1n) is 6.80. The fraction of sp³-hybridized carbons (Fsp3) is 0.429. The van der Waals surface area contributed by atoms with E-state index >= 15 is 0 Å². The zero-order chi connectivity index (χ0) is 15.6. The number of ether oxygens (including phenoxy) is 1. The van der Waals surface area contributed by atoms with Crippen molar-refractivity contribution in [3.8, 4) is 5.75 Å². The Bertz CT molecular complexity index is 676. The SMILES string of the molecule is CC(C)Oc1cccc(Sc2n[nH]c(=O)n2C(C)C)c1N. The maximum absolute atomic E-state index is 11.7. The third kappa shape index (κ3) is 3.41. The van der Waals surface area contributed by atoms with Gasteiger partial charge in [-0.05, 0) is 51.6 Å². The van der Waals surface area contributed by atoms with Crippen molar-refractivity contribution in [1.82, 2.24) is 14.8 Å². The number of anilines is 1. The molecule has 21 heavy (non-hydrogen) atoms. The second-order valence-electron chi connectivity index (χ2n) is 5.21. The molecule has 0 saturated heterocycles. The molecule has 1 aromatic heterocycles. The van der Waals surface area contributed by atoms with Crippen LogP contribution in [0.3, 0.4) is 0 Å². The average Bonchev–Trinajstić information content (AvgIpc) is 2.75. The molecule has 0 aliphatic heterocycles. The smallest absolute Gasteiger partial charge is 0.344 e. The van der Waals surface area contributed by atoms with Gasteiger partial charge >= 0.3 is 5.69 Å². The molecule has 0 spiro atoms. The third-order valence-electron chi connectivity index (χ3n) is 2.78. The van der Waals surface area contributed by atoms with E-state index in [1.54, 1.807) is 4.57 Å². The molecule has 114 valence electrons. The number of hydrogen-bond donors (Lipinski definition) is 2. The standard InChI is InChI=1S/C14H20N4O2S/c1-8(2)18-13(19)16-17-14(18)21-11-7-5-6-10(12(11)15)20-9(3)4/h5-9H,15H2,1-4H3,(H,16,19). The number of nitrogens with zero attached hydrogens (tertiary/aromatic N) is 2. The molecule has 0 bridgehead atoms. The monoisotopic (exact) mass is 308 g/mol. The number of nitrogens with two attached hydrogens (primary N) is 1. The third-order valence-corrected chi connectivity index (χ3v) is 3.82. The second kappa shape index (κ2) is 6.26. The molecule has 0 unspecified atom stereocenters. The lowest BCUT2D eigenvalue weighted by Gasteiger charge is -2.14. The van der Waals surface area contributed by atoms with Crippen molar-refractivity contribution in [2.45, 2.75) is 49.9 Å². The minimum atomic E-state index is -0.222. The van der Waals surface area contributed by atoms with E-state index in [1.807, 2.05) is 45.9 Å². The summed E-state index contributed by atoms with van der Waals surface area (Å²) in [6, 6.07) is 5.62. The molecule has 2 rings (SSSR count). The Morgan fingerprint density at radius 3 is 2.67 bits per heavy atom. The highest BCUT2D eigenvalue weighted by molar-refractivity contribution is 7.99. The molecule has 0 fully saturated rings. The Morgan fingerprint density at radius 1 is 1.33 bits per heavy atom. The molecule has 0 aliphatic rings. The lowest BCUT2D eigenvalue weighted by Crippen LogP contribution is -2.19. The summed E-state index contributed by atoms with van der Waals surface area (Å²) >= 11 is 1.35. The van der Waals surface area contributed by atoms with Gasteiger partial charge in [-0.25, -0.2) is 9.89 Å². The molecule has 0 radical (unpaired) electrons. The summed E-state index contributed by atoms with van der Waals surface area (Å²) in [5.41, 5.74) is 6.48. The van der Waals surface area contributed by atoms with Gasteiger partial charge in [-0.1, -0.05) is 6.07 Å². The van der Waals surface area contributed by atoms with E-state index in [1.165, 1.54) is 11.8 Å². The molecule has 6 nitrogen and oxygen atoms in total. The number of benzene rings is 1. The minimum absolute atomic E-state index is 0.0232. The highest BCUT2D eigenvalue weighted by Gasteiger charge is 2.15. The molecule has 0 aliphatic carbocycles. The fourth-order valence-corrected chi connectivity index (χ4v) is 2.92. The first-order valence-corrected chi connectivity index (χ1v) is 7.61. The van der Waals surface area contributed by atoms with E-state index in [9.17, 15) is 4.79 Å². The summed E-state index contributed by atoms with van der Waals surface area (Å²) in [5, 5.41) is 7.11. The van der Waals surface area contributed by atoms with Gasteiger partial charge in [0.2, 0.25) is 0 Å². The van der Waals surface area contributed by atoms with Crippen LogP contribution in [0.15, 0.2) is 33.0 Å². The Labute approximate surface area is 127 Å². The van der Waals surface area contributed by atoms with Crippen molar-refractivity contribution >= 4 is 17.4 Å². The van der Waals surface area contributed by atoms with Crippen molar-refractivity contribution in [3.05, 3.63) is 28.7 Å². The minimum Gasteiger partial charge on any atom is -0.489 e.